The number of hydrogen-bond acceptors (Lipinski definition) is 5. The van der Waals surface area contributed by atoms with E-state index in [4.69, 9.17) is 9.47 Å². The first-order valence-electron chi connectivity index (χ1n) is 7.29. The number of nitrogens with zero attached hydrogens (tertiary/aromatic N) is 1. The van der Waals surface area contributed by atoms with Gasteiger partial charge in [-0.15, -0.1) is 0 Å². The third-order valence-electron chi connectivity index (χ3n) is 3.65. The summed E-state index contributed by atoms with van der Waals surface area (Å²) < 4.78 is 10.9. The molecule has 1 aliphatic rings. The molecule has 3 rings (SSSR count). The van der Waals surface area contributed by atoms with Gasteiger partial charge >= 0.3 is 0 Å². The summed E-state index contributed by atoms with van der Waals surface area (Å²) in [4.78, 5) is 1.99. The van der Waals surface area contributed by atoms with Crippen LogP contribution >= 0.6 is 0 Å². The summed E-state index contributed by atoms with van der Waals surface area (Å²) in [5.74, 6) is 0.399. The number of phenolic OH excluding ortho intramolecular Hbond substituents is 2. The third kappa shape index (κ3) is 3.26. The van der Waals surface area contributed by atoms with Gasteiger partial charge in [-0.1, -0.05) is 30.3 Å². The molecule has 0 radical (unpaired) electrons. The Hall–Kier alpha value is -2.40. The van der Waals surface area contributed by atoms with Crippen molar-refractivity contribution in [3.8, 4) is 17.2 Å². The SMILES string of the molecule is Oc1cc(N2CCOCC2)c(O)cc1OCc1ccccc1. The normalized spacial score (nSPS) is 14.8. The molecule has 22 heavy (non-hydrogen) atoms. The lowest BCUT2D eigenvalue weighted by Crippen LogP contribution is -2.36. The van der Waals surface area contributed by atoms with Gasteiger partial charge in [-0.25, -0.2) is 0 Å². The van der Waals surface area contributed by atoms with Crippen LogP contribution in [0.2, 0.25) is 0 Å². The van der Waals surface area contributed by atoms with Crippen LogP contribution in [0.15, 0.2) is 42.5 Å². The molecule has 1 aliphatic heterocycles. The van der Waals surface area contributed by atoms with E-state index in [-0.39, 0.29) is 17.2 Å². The zero-order valence-corrected chi connectivity index (χ0v) is 12.2. The highest BCUT2D eigenvalue weighted by Crippen LogP contribution is 2.39. The maximum absolute atomic E-state index is 10.2. The van der Waals surface area contributed by atoms with E-state index in [1.165, 1.54) is 6.07 Å². The fourth-order valence-corrected chi connectivity index (χ4v) is 2.46. The van der Waals surface area contributed by atoms with E-state index >= 15 is 0 Å². The summed E-state index contributed by atoms with van der Waals surface area (Å²) in [5.41, 5.74) is 1.60. The number of hydrogen-bond donors (Lipinski definition) is 2. The predicted octanol–water partition coefficient (Wildman–Crippen LogP) is 2.51. The molecule has 2 aromatic rings. The quantitative estimate of drug-likeness (QED) is 0.850. The summed E-state index contributed by atoms with van der Waals surface area (Å²) in [7, 11) is 0. The summed E-state index contributed by atoms with van der Waals surface area (Å²) >= 11 is 0. The van der Waals surface area contributed by atoms with Gasteiger partial charge in [0.05, 0.1) is 18.9 Å². The van der Waals surface area contributed by atoms with Crippen LogP contribution in [-0.2, 0) is 11.3 Å². The zero-order chi connectivity index (χ0) is 15.4. The van der Waals surface area contributed by atoms with Crippen molar-refractivity contribution >= 4 is 5.69 Å². The monoisotopic (exact) mass is 301 g/mol. The molecular weight excluding hydrogens is 282 g/mol. The van der Waals surface area contributed by atoms with Gasteiger partial charge in [0.25, 0.3) is 0 Å². The molecule has 0 saturated carbocycles. The molecule has 1 heterocycles. The van der Waals surface area contributed by atoms with Crippen molar-refractivity contribution in [3.05, 3.63) is 48.0 Å². The van der Waals surface area contributed by atoms with Crippen LogP contribution in [0.1, 0.15) is 5.56 Å². The van der Waals surface area contributed by atoms with Gasteiger partial charge in [0, 0.05) is 25.2 Å². The first-order chi connectivity index (χ1) is 10.7. The summed E-state index contributed by atoms with van der Waals surface area (Å²) in [6.07, 6.45) is 0. The number of anilines is 1. The Bertz CT molecular complexity index is 624. The Morgan fingerprint density at radius 3 is 2.45 bits per heavy atom. The average molecular weight is 301 g/mol. The van der Waals surface area contributed by atoms with Crippen LogP contribution < -0.4 is 9.64 Å². The van der Waals surface area contributed by atoms with E-state index in [0.717, 1.165) is 5.56 Å². The topological polar surface area (TPSA) is 62.2 Å². The van der Waals surface area contributed by atoms with Crippen LogP contribution in [0.25, 0.3) is 0 Å². The second-order valence-electron chi connectivity index (χ2n) is 5.18. The van der Waals surface area contributed by atoms with Crippen LogP contribution in [0.5, 0.6) is 17.2 Å². The molecule has 1 fully saturated rings. The minimum Gasteiger partial charge on any atom is -0.506 e. The first kappa shape index (κ1) is 14.5. The van der Waals surface area contributed by atoms with E-state index in [2.05, 4.69) is 0 Å². The number of aromatic hydroxyl groups is 2. The van der Waals surface area contributed by atoms with E-state index in [0.29, 0.717) is 38.6 Å². The van der Waals surface area contributed by atoms with Gasteiger partial charge in [-0.2, -0.15) is 0 Å². The fourth-order valence-electron chi connectivity index (χ4n) is 2.46. The van der Waals surface area contributed by atoms with Crippen molar-refractivity contribution in [2.24, 2.45) is 0 Å². The lowest BCUT2D eigenvalue weighted by Gasteiger charge is -2.29. The fraction of sp³-hybridized carbons (Fsp3) is 0.294. The number of benzene rings is 2. The van der Waals surface area contributed by atoms with Gasteiger partial charge in [0.15, 0.2) is 11.5 Å². The van der Waals surface area contributed by atoms with E-state index in [9.17, 15) is 10.2 Å². The van der Waals surface area contributed by atoms with Crippen LogP contribution in [0.4, 0.5) is 5.69 Å². The average Bonchev–Trinajstić information content (AvgIpc) is 2.57. The Balaban J connectivity index is 1.74. The second-order valence-corrected chi connectivity index (χ2v) is 5.18. The van der Waals surface area contributed by atoms with Crippen molar-refractivity contribution in [1.82, 2.24) is 0 Å². The Morgan fingerprint density at radius 2 is 1.73 bits per heavy atom. The van der Waals surface area contributed by atoms with Gasteiger partial charge in [-0.05, 0) is 5.56 Å². The molecule has 2 N–H and O–H groups in total. The Labute approximate surface area is 129 Å². The van der Waals surface area contributed by atoms with Gasteiger partial charge in [-0.3, -0.25) is 0 Å². The molecule has 0 spiro atoms. The van der Waals surface area contributed by atoms with Crippen LogP contribution in [0, 0.1) is 0 Å². The van der Waals surface area contributed by atoms with Crippen molar-refractivity contribution in [3.63, 3.8) is 0 Å². The zero-order valence-electron chi connectivity index (χ0n) is 12.2. The highest BCUT2D eigenvalue weighted by molar-refractivity contribution is 5.65. The molecule has 0 bridgehead atoms. The number of morpholine rings is 1. The molecule has 116 valence electrons. The lowest BCUT2D eigenvalue weighted by atomic mass is 10.2. The number of ether oxygens (including phenoxy) is 2. The van der Waals surface area contributed by atoms with Gasteiger partial charge < -0.3 is 24.6 Å². The van der Waals surface area contributed by atoms with E-state index in [1.54, 1.807) is 6.07 Å². The summed E-state index contributed by atoms with van der Waals surface area (Å²) in [5, 5.41) is 20.3. The Kier molecular flexibility index (Phi) is 4.34. The summed E-state index contributed by atoms with van der Waals surface area (Å²) in [6, 6.07) is 12.7. The van der Waals surface area contributed by atoms with Crippen molar-refractivity contribution < 1.29 is 19.7 Å². The van der Waals surface area contributed by atoms with Gasteiger partial charge in [0.1, 0.15) is 12.4 Å². The van der Waals surface area contributed by atoms with Crippen LogP contribution in [-0.4, -0.2) is 36.5 Å². The maximum atomic E-state index is 10.2. The molecule has 1 saturated heterocycles. The number of rotatable bonds is 4. The number of phenols is 2. The van der Waals surface area contributed by atoms with E-state index < -0.39 is 0 Å². The van der Waals surface area contributed by atoms with Crippen molar-refractivity contribution in [2.75, 3.05) is 31.2 Å². The second kappa shape index (κ2) is 6.58. The highest BCUT2D eigenvalue weighted by Gasteiger charge is 2.18. The van der Waals surface area contributed by atoms with Crippen molar-refractivity contribution in [1.29, 1.82) is 0 Å². The minimum absolute atomic E-state index is 0.0234. The molecular formula is C17H19NO4. The smallest absolute Gasteiger partial charge is 0.165 e. The molecule has 0 unspecified atom stereocenters. The molecule has 5 heteroatoms. The third-order valence-corrected chi connectivity index (χ3v) is 3.65. The Morgan fingerprint density at radius 1 is 1.00 bits per heavy atom. The van der Waals surface area contributed by atoms with E-state index in [1.807, 2.05) is 35.2 Å². The largest absolute Gasteiger partial charge is 0.506 e. The molecule has 2 aromatic carbocycles. The maximum Gasteiger partial charge on any atom is 0.165 e. The molecule has 5 nitrogen and oxygen atoms in total. The standard InChI is InChI=1S/C17H19NO4/c19-15-11-17(22-12-13-4-2-1-3-5-13)16(20)10-14(15)18-6-8-21-9-7-18/h1-5,10-11,19-20H,6-9,12H2. The lowest BCUT2D eigenvalue weighted by molar-refractivity contribution is 0.122. The first-order valence-corrected chi connectivity index (χ1v) is 7.29. The minimum atomic E-state index is 0.0234. The van der Waals surface area contributed by atoms with Gasteiger partial charge in [0.2, 0.25) is 0 Å². The molecule has 0 atom stereocenters. The molecule has 0 aromatic heterocycles. The van der Waals surface area contributed by atoms with Crippen LogP contribution in [0.3, 0.4) is 0 Å². The van der Waals surface area contributed by atoms with Crippen molar-refractivity contribution in [2.45, 2.75) is 6.61 Å². The molecule has 0 aliphatic carbocycles. The molecule has 0 amide bonds. The summed E-state index contributed by atoms with van der Waals surface area (Å²) in [6.45, 7) is 2.96. The highest BCUT2D eigenvalue weighted by atomic mass is 16.5. The predicted molar refractivity (Wildman–Crippen MR) is 83.6 cm³/mol.